The van der Waals surface area contributed by atoms with Gasteiger partial charge in [-0.3, -0.25) is 14.7 Å². The Labute approximate surface area is 338 Å². The van der Waals surface area contributed by atoms with Crippen LogP contribution in [0.2, 0.25) is 5.02 Å². The summed E-state index contributed by atoms with van der Waals surface area (Å²) in [5.74, 6) is 0.307. The molecule has 13 nitrogen and oxygen atoms in total. The Kier molecular flexibility index (Phi) is 11.1. The van der Waals surface area contributed by atoms with Gasteiger partial charge < -0.3 is 9.80 Å². The standard InChI is InChI=1S/C21H20F3N5O.C18H16ClF3N6O/c1-3-14-7-5-10-25-19(14)29-17-9-11-28(13(2)18(17)26-27-29)20(30)15-6-4-8-16(12-15)21(22,23)24;1-9-8-13-16(25-26-28(13)14-6-7-23-24-14)10(2)27(9)17(29)11-4-3-5-12(15(11)19)18(20,21)22/h4-8,10,12-13H,3,9,11H2,1-2H3;3-7,9-10H,8H2,1-2H3,(H,23,24)/t;9-,10-/m.1/s1. The average Bonchev–Trinajstić information content (AvgIpc) is 3.98. The van der Waals surface area contributed by atoms with Gasteiger partial charge in [0, 0.05) is 43.3 Å². The SMILES string of the molecule is CCc1cccnc1-n1nnc2c1CCN(C(=O)c1cccc(C(F)(F)F)c1)C2C.C[C@@H]1Cc2c(nnn2-c2ccn[nH]2)[C@@H](C)N1C(=O)c1cccc(C(F)(F)F)c1Cl. The minimum Gasteiger partial charge on any atom is -0.330 e. The summed E-state index contributed by atoms with van der Waals surface area (Å²) in [4.78, 5) is 33.6. The van der Waals surface area contributed by atoms with Crippen molar-refractivity contribution in [3.05, 3.63) is 129 Å². The number of carbonyl (C=O) groups excluding carboxylic acids is 2. The molecule has 8 rings (SSSR count). The first-order valence-corrected chi connectivity index (χ1v) is 18.9. The number of nitrogens with one attached hydrogen (secondary N) is 1. The van der Waals surface area contributed by atoms with E-state index in [0.29, 0.717) is 42.4 Å². The van der Waals surface area contributed by atoms with E-state index >= 15 is 0 Å². The van der Waals surface area contributed by atoms with Crippen LogP contribution >= 0.6 is 11.6 Å². The summed E-state index contributed by atoms with van der Waals surface area (Å²) in [5.41, 5.74) is 1.86. The molecule has 0 spiro atoms. The highest BCUT2D eigenvalue weighted by Gasteiger charge is 2.40. The molecule has 2 amide bonds. The normalized spacial score (nSPS) is 17.8. The third-order valence-corrected chi connectivity index (χ3v) is 10.9. The zero-order chi connectivity index (χ0) is 42.4. The van der Waals surface area contributed by atoms with Crippen molar-refractivity contribution in [2.45, 2.75) is 77.4 Å². The zero-order valence-corrected chi connectivity index (χ0v) is 32.7. The van der Waals surface area contributed by atoms with Gasteiger partial charge >= 0.3 is 12.4 Å². The molecule has 1 N–H and O–H groups in total. The number of aryl methyl sites for hydroxylation is 1. The second-order valence-corrected chi connectivity index (χ2v) is 14.4. The van der Waals surface area contributed by atoms with Crippen LogP contribution in [0.4, 0.5) is 26.3 Å². The van der Waals surface area contributed by atoms with Crippen molar-refractivity contribution >= 4 is 23.4 Å². The van der Waals surface area contributed by atoms with Crippen LogP contribution in [-0.2, 0) is 31.6 Å². The quantitative estimate of drug-likeness (QED) is 0.173. The van der Waals surface area contributed by atoms with Crippen molar-refractivity contribution in [1.82, 2.24) is 55.0 Å². The minimum absolute atomic E-state index is 0.00510. The van der Waals surface area contributed by atoms with Gasteiger partial charge in [0.1, 0.15) is 11.4 Å². The highest BCUT2D eigenvalue weighted by atomic mass is 35.5. The lowest BCUT2D eigenvalue weighted by Gasteiger charge is -2.38. The Balaban J connectivity index is 0.000000179. The molecule has 20 heteroatoms. The van der Waals surface area contributed by atoms with Gasteiger partial charge in [-0.05, 0) is 69.2 Å². The number of carbonyl (C=O) groups is 2. The highest BCUT2D eigenvalue weighted by Crippen LogP contribution is 2.39. The van der Waals surface area contributed by atoms with Crippen molar-refractivity contribution in [3.8, 4) is 11.6 Å². The Morgan fingerprint density at radius 2 is 1.54 bits per heavy atom. The van der Waals surface area contributed by atoms with E-state index in [2.05, 4.69) is 35.8 Å². The molecule has 59 heavy (non-hydrogen) atoms. The van der Waals surface area contributed by atoms with Crippen LogP contribution < -0.4 is 0 Å². The molecular formula is C39H36ClF6N11O2. The highest BCUT2D eigenvalue weighted by molar-refractivity contribution is 6.34. The molecule has 2 aliphatic heterocycles. The number of pyridine rings is 1. The Morgan fingerprint density at radius 3 is 2.22 bits per heavy atom. The molecule has 308 valence electrons. The van der Waals surface area contributed by atoms with Crippen molar-refractivity contribution in [1.29, 1.82) is 0 Å². The van der Waals surface area contributed by atoms with E-state index in [1.54, 1.807) is 34.7 Å². The molecule has 0 aliphatic carbocycles. The maximum atomic E-state index is 13.2. The first-order valence-electron chi connectivity index (χ1n) is 18.5. The van der Waals surface area contributed by atoms with E-state index in [1.165, 1.54) is 34.1 Å². The maximum absolute atomic E-state index is 13.2. The lowest BCUT2D eigenvalue weighted by molar-refractivity contribution is -0.138. The smallest absolute Gasteiger partial charge is 0.330 e. The molecule has 0 fully saturated rings. The van der Waals surface area contributed by atoms with Gasteiger partial charge in [0.25, 0.3) is 11.8 Å². The number of benzene rings is 2. The molecule has 0 saturated heterocycles. The third kappa shape index (κ3) is 7.77. The summed E-state index contributed by atoms with van der Waals surface area (Å²) >= 11 is 5.96. The van der Waals surface area contributed by atoms with Crippen LogP contribution in [0, 0.1) is 0 Å². The van der Waals surface area contributed by atoms with Crippen LogP contribution in [-0.4, -0.2) is 79.4 Å². The Morgan fingerprint density at radius 1 is 0.831 bits per heavy atom. The molecule has 0 saturated carbocycles. The Bertz CT molecular complexity index is 2500. The number of aromatic nitrogens is 9. The van der Waals surface area contributed by atoms with Gasteiger partial charge in [-0.1, -0.05) is 47.2 Å². The summed E-state index contributed by atoms with van der Waals surface area (Å²) in [6, 6.07) is 12.2. The van der Waals surface area contributed by atoms with Crippen LogP contribution in [0.5, 0.6) is 0 Å². The lowest BCUT2D eigenvalue weighted by atomic mass is 9.96. The topological polar surface area (TPSA) is 144 Å². The predicted molar refractivity (Wildman–Crippen MR) is 201 cm³/mol. The van der Waals surface area contributed by atoms with Crippen molar-refractivity contribution < 1.29 is 35.9 Å². The number of hydrogen-bond acceptors (Lipinski definition) is 8. The van der Waals surface area contributed by atoms with Crippen LogP contribution in [0.25, 0.3) is 11.6 Å². The molecule has 4 aromatic heterocycles. The average molecular weight is 840 g/mol. The number of hydrogen-bond donors (Lipinski definition) is 1. The number of nitrogens with zero attached hydrogens (tertiary/aromatic N) is 10. The van der Waals surface area contributed by atoms with Crippen LogP contribution in [0.3, 0.4) is 0 Å². The molecule has 0 radical (unpaired) electrons. The molecule has 6 aromatic rings. The summed E-state index contributed by atoms with van der Waals surface area (Å²) in [6.07, 6.45) is -4.17. The van der Waals surface area contributed by atoms with Crippen molar-refractivity contribution in [3.63, 3.8) is 0 Å². The molecular weight excluding hydrogens is 804 g/mol. The molecule has 3 atom stereocenters. The van der Waals surface area contributed by atoms with Crippen LogP contribution in [0.15, 0.2) is 73.1 Å². The Hall–Kier alpha value is -6.11. The lowest BCUT2D eigenvalue weighted by Crippen LogP contribution is -2.45. The summed E-state index contributed by atoms with van der Waals surface area (Å²) in [7, 11) is 0. The fourth-order valence-electron chi connectivity index (χ4n) is 7.49. The zero-order valence-electron chi connectivity index (χ0n) is 31.9. The van der Waals surface area contributed by atoms with Gasteiger partial charge in [-0.2, -0.15) is 40.8 Å². The van der Waals surface area contributed by atoms with E-state index in [1.807, 2.05) is 32.9 Å². The number of H-pyrrole nitrogens is 1. The van der Waals surface area contributed by atoms with E-state index in [4.69, 9.17) is 11.6 Å². The maximum Gasteiger partial charge on any atom is 0.417 e. The van der Waals surface area contributed by atoms with E-state index in [9.17, 15) is 35.9 Å². The third-order valence-electron chi connectivity index (χ3n) is 10.4. The molecule has 2 aromatic carbocycles. The molecule has 0 bridgehead atoms. The van der Waals surface area contributed by atoms with E-state index in [0.717, 1.165) is 41.6 Å². The first kappa shape index (κ1) is 41.1. The predicted octanol–water partition coefficient (Wildman–Crippen LogP) is 7.81. The molecule has 1 unspecified atom stereocenters. The summed E-state index contributed by atoms with van der Waals surface area (Å²) in [6.45, 7) is 7.78. The molecule has 6 heterocycles. The monoisotopic (exact) mass is 839 g/mol. The number of amides is 2. The second kappa shape index (κ2) is 15.9. The van der Waals surface area contributed by atoms with Crippen molar-refractivity contribution in [2.24, 2.45) is 0 Å². The minimum atomic E-state index is -4.65. The van der Waals surface area contributed by atoms with Gasteiger partial charge in [0.2, 0.25) is 0 Å². The van der Waals surface area contributed by atoms with Gasteiger partial charge in [-0.25, -0.2) is 4.98 Å². The fraction of sp³-hybridized carbons (Fsp3) is 0.333. The largest absolute Gasteiger partial charge is 0.417 e. The number of halogens is 7. The second-order valence-electron chi connectivity index (χ2n) is 14.1. The summed E-state index contributed by atoms with van der Waals surface area (Å²) < 4.78 is 81.9. The van der Waals surface area contributed by atoms with Gasteiger partial charge in [0.05, 0.1) is 51.4 Å². The van der Waals surface area contributed by atoms with Crippen LogP contribution in [0.1, 0.15) is 100.0 Å². The number of aromatic amines is 1. The van der Waals surface area contributed by atoms with E-state index in [-0.39, 0.29) is 17.2 Å². The first-order chi connectivity index (χ1) is 28.0. The fourth-order valence-corrected chi connectivity index (χ4v) is 7.80. The van der Waals surface area contributed by atoms with Gasteiger partial charge in [-0.15, -0.1) is 10.2 Å². The molecule has 2 aliphatic rings. The van der Waals surface area contributed by atoms with Gasteiger partial charge in [0.15, 0.2) is 11.6 Å². The number of alkyl halides is 6. The van der Waals surface area contributed by atoms with Crippen molar-refractivity contribution in [2.75, 3.05) is 6.54 Å². The van der Waals surface area contributed by atoms with E-state index < -0.39 is 52.4 Å². The summed E-state index contributed by atoms with van der Waals surface area (Å²) in [5, 5.41) is 23.0. The number of rotatable bonds is 5. The number of fused-ring (bicyclic) bond motifs is 2.